The summed E-state index contributed by atoms with van der Waals surface area (Å²) in [5.74, 6) is 0.0376. The van der Waals surface area contributed by atoms with Crippen LogP contribution < -0.4 is 0 Å². The lowest BCUT2D eigenvalue weighted by Gasteiger charge is -2.07. The maximum atomic E-state index is 12.2. The summed E-state index contributed by atoms with van der Waals surface area (Å²) in [5.41, 5.74) is 2.49. The highest BCUT2D eigenvalue weighted by Crippen LogP contribution is 2.23. The molecule has 0 aliphatic heterocycles. The molecule has 92 valence electrons. The van der Waals surface area contributed by atoms with E-state index in [9.17, 15) is 4.79 Å². The predicted molar refractivity (Wildman–Crippen MR) is 78.4 cm³/mol. The molecule has 0 saturated heterocycles. The Labute approximate surface area is 120 Å². The topological polar surface area (TPSA) is 17.1 Å². The van der Waals surface area contributed by atoms with Crippen LogP contribution in [-0.4, -0.2) is 5.78 Å². The Kier molecular flexibility index (Phi) is 4.20. The zero-order chi connectivity index (χ0) is 13.1. The number of carbonyl (C=O) groups is 1. The van der Waals surface area contributed by atoms with E-state index in [0.717, 1.165) is 15.6 Å². The Balaban J connectivity index is 2.28. The highest BCUT2D eigenvalue weighted by molar-refractivity contribution is 9.10. The fourth-order valence-electron chi connectivity index (χ4n) is 1.77. The molecule has 0 N–H and O–H groups in total. The SMILES string of the molecule is Cc1cccc(C(=O)Cc2ccccc2Br)c1Cl. The van der Waals surface area contributed by atoms with E-state index in [0.29, 0.717) is 17.0 Å². The smallest absolute Gasteiger partial charge is 0.168 e. The molecular weight excluding hydrogens is 312 g/mol. The van der Waals surface area contributed by atoms with Gasteiger partial charge in [0.1, 0.15) is 0 Å². The largest absolute Gasteiger partial charge is 0.294 e. The molecule has 2 aromatic rings. The number of hydrogen-bond donors (Lipinski definition) is 0. The molecule has 2 aromatic carbocycles. The highest BCUT2D eigenvalue weighted by Gasteiger charge is 2.13. The maximum Gasteiger partial charge on any atom is 0.168 e. The lowest BCUT2D eigenvalue weighted by molar-refractivity contribution is 0.0993. The quantitative estimate of drug-likeness (QED) is 0.739. The third kappa shape index (κ3) is 2.82. The third-order valence-electron chi connectivity index (χ3n) is 2.80. The van der Waals surface area contributed by atoms with Crippen molar-refractivity contribution in [2.24, 2.45) is 0 Å². The first-order chi connectivity index (χ1) is 8.59. The molecule has 2 rings (SSSR count). The van der Waals surface area contributed by atoms with Crippen LogP contribution in [0.5, 0.6) is 0 Å². The number of benzene rings is 2. The zero-order valence-electron chi connectivity index (χ0n) is 9.91. The average molecular weight is 324 g/mol. The number of carbonyl (C=O) groups excluding carboxylic acids is 1. The Hall–Kier alpha value is -1.12. The fraction of sp³-hybridized carbons (Fsp3) is 0.133. The van der Waals surface area contributed by atoms with Gasteiger partial charge in [-0.3, -0.25) is 4.79 Å². The number of ketones is 1. The van der Waals surface area contributed by atoms with Gasteiger partial charge in [-0.1, -0.05) is 57.9 Å². The van der Waals surface area contributed by atoms with Crippen molar-refractivity contribution in [3.8, 4) is 0 Å². The van der Waals surface area contributed by atoms with Gasteiger partial charge in [0.05, 0.1) is 5.02 Å². The molecule has 0 unspecified atom stereocenters. The van der Waals surface area contributed by atoms with E-state index in [2.05, 4.69) is 15.9 Å². The number of hydrogen-bond acceptors (Lipinski definition) is 1. The molecule has 1 nitrogen and oxygen atoms in total. The summed E-state index contributed by atoms with van der Waals surface area (Å²) in [6.45, 7) is 1.90. The normalized spacial score (nSPS) is 10.4. The summed E-state index contributed by atoms with van der Waals surface area (Å²) in [7, 11) is 0. The minimum atomic E-state index is 0.0376. The molecular formula is C15H12BrClO. The summed E-state index contributed by atoms with van der Waals surface area (Å²) in [5, 5.41) is 0.551. The van der Waals surface area contributed by atoms with Gasteiger partial charge in [-0.2, -0.15) is 0 Å². The van der Waals surface area contributed by atoms with Crippen LogP contribution >= 0.6 is 27.5 Å². The second-order valence-electron chi connectivity index (χ2n) is 4.13. The Morgan fingerprint density at radius 1 is 1.17 bits per heavy atom. The number of Topliss-reactive ketones (excluding diaryl/α,β-unsaturated/α-hetero) is 1. The van der Waals surface area contributed by atoms with Gasteiger partial charge in [0.15, 0.2) is 5.78 Å². The van der Waals surface area contributed by atoms with Crippen molar-refractivity contribution in [3.63, 3.8) is 0 Å². The first kappa shape index (κ1) is 13.3. The average Bonchev–Trinajstić information content (AvgIpc) is 2.35. The van der Waals surface area contributed by atoms with Crippen LogP contribution in [0.2, 0.25) is 5.02 Å². The van der Waals surface area contributed by atoms with Gasteiger partial charge < -0.3 is 0 Å². The highest BCUT2D eigenvalue weighted by atomic mass is 79.9. The van der Waals surface area contributed by atoms with E-state index < -0.39 is 0 Å². The van der Waals surface area contributed by atoms with Crippen molar-refractivity contribution in [1.82, 2.24) is 0 Å². The number of rotatable bonds is 3. The van der Waals surface area contributed by atoms with Crippen molar-refractivity contribution >= 4 is 33.3 Å². The molecule has 0 aliphatic rings. The molecule has 0 saturated carbocycles. The van der Waals surface area contributed by atoms with Crippen molar-refractivity contribution in [2.45, 2.75) is 13.3 Å². The monoisotopic (exact) mass is 322 g/mol. The van der Waals surface area contributed by atoms with Crippen molar-refractivity contribution in [2.75, 3.05) is 0 Å². The molecule has 18 heavy (non-hydrogen) atoms. The predicted octanol–water partition coefficient (Wildman–Crippen LogP) is 4.84. The van der Waals surface area contributed by atoms with Crippen molar-refractivity contribution < 1.29 is 4.79 Å². The van der Waals surface area contributed by atoms with Crippen molar-refractivity contribution in [1.29, 1.82) is 0 Å². The second-order valence-corrected chi connectivity index (χ2v) is 5.36. The van der Waals surface area contributed by atoms with Gasteiger partial charge in [-0.05, 0) is 30.2 Å². The van der Waals surface area contributed by atoms with Crippen LogP contribution in [0.4, 0.5) is 0 Å². The molecule has 3 heteroatoms. The lowest BCUT2D eigenvalue weighted by Crippen LogP contribution is -2.05. The van der Waals surface area contributed by atoms with E-state index >= 15 is 0 Å². The van der Waals surface area contributed by atoms with Gasteiger partial charge in [0, 0.05) is 16.5 Å². The standard InChI is InChI=1S/C15H12BrClO/c1-10-5-4-7-12(15(10)17)14(18)9-11-6-2-3-8-13(11)16/h2-8H,9H2,1H3. The van der Waals surface area contributed by atoms with E-state index in [-0.39, 0.29) is 5.78 Å². The van der Waals surface area contributed by atoms with Crippen LogP contribution in [0.1, 0.15) is 21.5 Å². The molecule has 0 radical (unpaired) electrons. The van der Waals surface area contributed by atoms with E-state index in [4.69, 9.17) is 11.6 Å². The Morgan fingerprint density at radius 2 is 1.89 bits per heavy atom. The molecule has 0 aliphatic carbocycles. The number of halogens is 2. The van der Waals surface area contributed by atoms with Gasteiger partial charge >= 0.3 is 0 Å². The first-order valence-corrected chi connectivity index (χ1v) is 6.78. The van der Waals surface area contributed by atoms with Gasteiger partial charge in [-0.15, -0.1) is 0 Å². The minimum absolute atomic E-state index is 0.0376. The lowest BCUT2D eigenvalue weighted by atomic mass is 10.0. The van der Waals surface area contributed by atoms with Crippen LogP contribution in [0.25, 0.3) is 0 Å². The molecule has 0 spiro atoms. The Morgan fingerprint density at radius 3 is 2.61 bits per heavy atom. The Bertz CT molecular complexity index is 593. The van der Waals surface area contributed by atoms with E-state index in [1.807, 2.05) is 43.3 Å². The molecule has 0 atom stereocenters. The maximum absolute atomic E-state index is 12.2. The van der Waals surface area contributed by atoms with E-state index in [1.165, 1.54) is 0 Å². The van der Waals surface area contributed by atoms with Crippen LogP contribution in [-0.2, 0) is 6.42 Å². The summed E-state index contributed by atoms with van der Waals surface area (Å²) in [6.07, 6.45) is 0.352. The minimum Gasteiger partial charge on any atom is -0.294 e. The molecule has 0 aromatic heterocycles. The summed E-state index contributed by atoms with van der Waals surface area (Å²) in [4.78, 5) is 12.2. The van der Waals surface area contributed by atoms with Crippen LogP contribution in [0.15, 0.2) is 46.9 Å². The van der Waals surface area contributed by atoms with Crippen LogP contribution in [0, 0.1) is 6.92 Å². The summed E-state index contributed by atoms with van der Waals surface area (Å²) < 4.78 is 0.946. The summed E-state index contributed by atoms with van der Waals surface area (Å²) >= 11 is 9.61. The molecule has 0 bridgehead atoms. The van der Waals surface area contributed by atoms with Gasteiger partial charge in [-0.25, -0.2) is 0 Å². The third-order valence-corrected chi connectivity index (χ3v) is 4.08. The molecule has 0 heterocycles. The summed E-state index contributed by atoms with van der Waals surface area (Å²) in [6, 6.07) is 13.2. The molecule has 0 fully saturated rings. The van der Waals surface area contributed by atoms with Gasteiger partial charge in [0.2, 0.25) is 0 Å². The first-order valence-electron chi connectivity index (χ1n) is 5.61. The van der Waals surface area contributed by atoms with Crippen LogP contribution in [0.3, 0.4) is 0 Å². The van der Waals surface area contributed by atoms with Gasteiger partial charge in [0.25, 0.3) is 0 Å². The zero-order valence-corrected chi connectivity index (χ0v) is 12.3. The fourth-order valence-corrected chi connectivity index (χ4v) is 2.43. The van der Waals surface area contributed by atoms with E-state index in [1.54, 1.807) is 6.07 Å². The second kappa shape index (κ2) is 5.68. The van der Waals surface area contributed by atoms with Crippen molar-refractivity contribution in [3.05, 3.63) is 68.7 Å². The molecule has 0 amide bonds. The number of aryl methyl sites for hydroxylation is 1.